The number of allylic oxidation sites excluding steroid dienone is 1. The van der Waals surface area contributed by atoms with Crippen molar-refractivity contribution in [2.45, 2.75) is 6.92 Å². The topological polar surface area (TPSA) is 40.1 Å². The van der Waals surface area contributed by atoms with E-state index in [1.54, 1.807) is 12.1 Å². The van der Waals surface area contributed by atoms with E-state index in [0.717, 1.165) is 0 Å². The largest absolute Gasteiger partial charge is 1.00 e. The Morgan fingerprint density at radius 3 is 2.75 bits per heavy atom. The van der Waals surface area contributed by atoms with Gasteiger partial charge in [-0.05, 0) is 23.9 Å². The second-order valence-electron chi connectivity index (χ2n) is 2.11. The average molecular weight is 190 g/mol. The third kappa shape index (κ3) is 2.75. The van der Waals surface area contributed by atoms with Gasteiger partial charge in [0.25, 0.3) is 0 Å². The van der Waals surface area contributed by atoms with Crippen LogP contribution in [0.2, 0.25) is 0 Å². The summed E-state index contributed by atoms with van der Waals surface area (Å²) in [6.07, 6.45) is 0.585. The maximum Gasteiger partial charge on any atom is 1.00 e. The fourth-order valence-corrected chi connectivity index (χ4v) is 1.38. The number of ketones is 1. The number of Topliss-reactive ketones (excluding diaryl/α,β-unsaturated/α-hetero) is 1. The first kappa shape index (κ1) is 11.9. The minimum absolute atomic E-state index is 0. The molecule has 2 nitrogen and oxygen atoms in total. The Balaban J connectivity index is 0.00000121. The SMILES string of the molecule is C/C(=C/[O-])C(=O)c1cccs1.[Na+]. The van der Waals surface area contributed by atoms with E-state index in [0.29, 0.717) is 11.1 Å². The quantitative estimate of drug-likeness (QED) is 0.239. The Morgan fingerprint density at radius 1 is 1.67 bits per heavy atom. The molecule has 0 aliphatic rings. The van der Waals surface area contributed by atoms with Crippen molar-refractivity contribution >= 4 is 17.1 Å². The molecule has 0 amide bonds. The Kier molecular flexibility index (Phi) is 5.50. The Hall–Kier alpha value is -0.0900. The fourth-order valence-electron chi connectivity index (χ4n) is 0.656. The van der Waals surface area contributed by atoms with Gasteiger partial charge in [-0.3, -0.25) is 4.79 Å². The van der Waals surface area contributed by atoms with E-state index in [2.05, 4.69) is 0 Å². The number of carbonyl (C=O) groups excluding carboxylic acids is 1. The number of carbonyl (C=O) groups is 1. The second-order valence-corrected chi connectivity index (χ2v) is 3.05. The first-order valence-corrected chi connectivity index (χ1v) is 4.00. The molecule has 4 heteroatoms. The Morgan fingerprint density at radius 2 is 2.33 bits per heavy atom. The summed E-state index contributed by atoms with van der Waals surface area (Å²) in [5.74, 6) is -0.171. The minimum atomic E-state index is -0.171. The summed E-state index contributed by atoms with van der Waals surface area (Å²) in [4.78, 5) is 11.8. The van der Waals surface area contributed by atoms with Crippen molar-refractivity contribution in [2.24, 2.45) is 0 Å². The molecule has 0 spiro atoms. The van der Waals surface area contributed by atoms with Crippen LogP contribution in [0.5, 0.6) is 0 Å². The molecule has 0 aliphatic heterocycles. The molecule has 0 N–H and O–H groups in total. The van der Waals surface area contributed by atoms with Gasteiger partial charge in [0.1, 0.15) is 0 Å². The van der Waals surface area contributed by atoms with Crippen LogP contribution >= 0.6 is 11.3 Å². The van der Waals surface area contributed by atoms with Crippen molar-refractivity contribution in [3.05, 3.63) is 34.2 Å². The van der Waals surface area contributed by atoms with Gasteiger partial charge in [0.05, 0.1) is 4.88 Å². The zero-order chi connectivity index (χ0) is 8.27. The summed E-state index contributed by atoms with van der Waals surface area (Å²) >= 11 is 1.35. The van der Waals surface area contributed by atoms with Gasteiger partial charge in [-0.2, -0.15) is 0 Å². The predicted octanol–water partition coefficient (Wildman–Crippen LogP) is -1.80. The smallest absolute Gasteiger partial charge is 0.878 e. The van der Waals surface area contributed by atoms with Crippen LogP contribution in [0.15, 0.2) is 29.3 Å². The van der Waals surface area contributed by atoms with Gasteiger partial charge in [-0.15, -0.1) is 17.6 Å². The molecule has 0 radical (unpaired) electrons. The van der Waals surface area contributed by atoms with E-state index in [1.807, 2.05) is 5.38 Å². The van der Waals surface area contributed by atoms with E-state index in [-0.39, 0.29) is 40.9 Å². The Bertz CT molecular complexity index is 277. The number of hydrogen-bond donors (Lipinski definition) is 0. The normalized spacial score (nSPS) is 10.6. The summed E-state index contributed by atoms with van der Waals surface area (Å²) in [6, 6.07) is 3.50. The Labute approximate surface area is 97.2 Å². The molecule has 0 bridgehead atoms. The van der Waals surface area contributed by atoms with Crippen molar-refractivity contribution in [1.29, 1.82) is 0 Å². The summed E-state index contributed by atoms with van der Waals surface area (Å²) in [5.41, 5.74) is 0.257. The zero-order valence-corrected chi connectivity index (χ0v) is 9.85. The molecule has 0 unspecified atom stereocenters. The van der Waals surface area contributed by atoms with E-state index >= 15 is 0 Å². The summed E-state index contributed by atoms with van der Waals surface area (Å²) in [6.45, 7) is 1.52. The first-order chi connectivity index (χ1) is 5.25. The molecular formula is C8H7NaO2S. The van der Waals surface area contributed by atoms with E-state index in [4.69, 9.17) is 0 Å². The molecule has 0 fully saturated rings. The second kappa shape index (κ2) is 5.54. The van der Waals surface area contributed by atoms with Gasteiger partial charge in [0.15, 0.2) is 5.78 Å². The number of rotatable bonds is 2. The van der Waals surface area contributed by atoms with Crippen LogP contribution in [0, 0.1) is 0 Å². The summed E-state index contributed by atoms with van der Waals surface area (Å²) in [7, 11) is 0. The third-order valence-electron chi connectivity index (χ3n) is 1.28. The standard InChI is InChI=1S/C8H8O2S.Na/c1-6(5-9)8(10)7-3-2-4-11-7;/h2-5,9H,1H3;/q;+1/p-1/b6-5-;. The maximum atomic E-state index is 11.2. The van der Waals surface area contributed by atoms with Gasteiger partial charge >= 0.3 is 29.6 Å². The van der Waals surface area contributed by atoms with Crippen LogP contribution in [0.3, 0.4) is 0 Å². The molecule has 0 saturated carbocycles. The van der Waals surface area contributed by atoms with Gasteiger partial charge in [-0.25, -0.2) is 0 Å². The van der Waals surface area contributed by atoms with E-state index in [9.17, 15) is 9.90 Å². The van der Waals surface area contributed by atoms with Crippen LogP contribution in [0.1, 0.15) is 16.6 Å². The van der Waals surface area contributed by atoms with E-state index < -0.39 is 0 Å². The summed E-state index contributed by atoms with van der Waals surface area (Å²) in [5, 5.41) is 12.0. The number of thiophene rings is 1. The molecule has 1 heterocycles. The van der Waals surface area contributed by atoms with Crippen LogP contribution in [0.4, 0.5) is 0 Å². The van der Waals surface area contributed by atoms with Gasteiger partial charge < -0.3 is 5.11 Å². The van der Waals surface area contributed by atoms with Crippen molar-refractivity contribution < 1.29 is 39.5 Å². The predicted molar refractivity (Wildman–Crippen MR) is 42.4 cm³/mol. The van der Waals surface area contributed by atoms with Crippen LogP contribution in [-0.2, 0) is 0 Å². The molecule has 0 aromatic carbocycles. The first-order valence-electron chi connectivity index (χ1n) is 3.12. The van der Waals surface area contributed by atoms with Gasteiger partial charge in [-0.1, -0.05) is 6.07 Å². The van der Waals surface area contributed by atoms with Gasteiger partial charge in [0.2, 0.25) is 0 Å². The maximum absolute atomic E-state index is 11.2. The molecule has 0 atom stereocenters. The van der Waals surface area contributed by atoms with Crippen LogP contribution in [-0.4, -0.2) is 5.78 Å². The molecule has 12 heavy (non-hydrogen) atoms. The zero-order valence-electron chi connectivity index (χ0n) is 7.03. The van der Waals surface area contributed by atoms with Crippen molar-refractivity contribution in [1.82, 2.24) is 0 Å². The van der Waals surface area contributed by atoms with Crippen LogP contribution < -0.4 is 34.7 Å². The third-order valence-corrected chi connectivity index (χ3v) is 2.15. The monoisotopic (exact) mass is 190 g/mol. The van der Waals surface area contributed by atoms with Crippen molar-refractivity contribution in [2.75, 3.05) is 0 Å². The fraction of sp³-hybridized carbons (Fsp3) is 0.125. The molecule has 1 aromatic heterocycles. The molecule has 0 saturated heterocycles. The summed E-state index contributed by atoms with van der Waals surface area (Å²) < 4.78 is 0. The minimum Gasteiger partial charge on any atom is -0.878 e. The average Bonchev–Trinajstić information content (AvgIpc) is 2.53. The van der Waals surface area contributed by atoms with E-state index in [1.165, 1.54) is 18.3 Å². The molecule has 1 aromatic rings. The number of hydrogen-bond acceptors (Lipinski definition) is 3. The van der Waals surface area contributed by atoms with Crippen LogP contribution in [0.25, 0.3) is 0 Å². The molecular weight excluding hydrogens is 183 g/mol. The van der Waals surface area contributed by atoms with Crippen molar-refractivity contribution in [3.8, 4) is 0 Å². The van der Waals surface area contributed by atoms with Crippen molar-refractivity contribution in [3.63, 3.8) is 0 Å². The van der Waals surface area contributed by atoms with Gasteiger partial charge in [0, 0.05) is 0 Å². The molecule has 0 aliphatic carbocycles. The molecule has 58 valence electrons. The molecule has 1 rings (SSSR count).